The van der Waals surface area contributed by atoms with Gasteiger partial charge in [0.05, 0.1) is 11.2 Å². The summed E-state index contributed by atoms with van der Waals surface area (Å²) in [7, 11) is 0. The molecule has 0 bridgehead atoms. The van der Waals surface area contributed by atoms with Crippen molar-refractivity contribution in [2.45, 2.75) is 25.0 Å². The normalized spacial score (nSPS) is 17.9. The number of nitrogens with two attached hydrogens (primary N) is 1. The molecule has 0 radical (unpaired) electrons. The molecule has 2 aromatic rings. The first-order valence-electron chi connectivity index (χ1n) is 7.25. The van der Waals surface area contributed by atoms with Gasteiger partial charge in [0, 0.05) is 18.5 Å². The summed E-state index contributed by atoms with van der Waals surface area (Å²) in [6, 6.07) is 10.3. The molecule has 1 aromatic heterocycles. The predicted molar refractivity (Wildman–Crippen MR) is 80.5 cm³/mol. The van der Waals surface area contributed by atoms with Crippen LogP contribution >= 0.6 is 0 Å². The molecular weight excluding hydrogens is 266 g/mol. The average Bonchev–Trinajstić information content (AvgIpc) is 3.06. The number of para-hydroxylation sites is 1. The highest BCUT2D eigenvalue weighted by Crippen LogP contribution is 2.20. The molecule has 3 rings (SSSR count). The Balaban J connectivity index is 1.81. The Hall–Kier alpha value is -1.98. The van der Waals surface area contributed by atoms with E-state index in [1.165, 1.54) is 0 Å². The van der Waals surface area contributed by atoms with Gasteiger partial charge in [-0.3, -0.25) is 4.79 Å². The minimum absolute atomic E-state index is 0.199. The molecular formula is C16H19N3O2. The molecule has 5 nitrogen and oxygen atoms in total. The fourth-order valence-corrected chi connectivity index (χ4v) is 2.71. The second-order valence-electron chi connectivity index (χ2n) is 5.43. The van der Waals surface area contributed by atoms with Crippen LogP contribution in [0.2, 0.25) is 0 Å². The van der Waals surface area contributed by atoms with Gasteiger partial charge in [-0.1, -0.05) is 24.3 Å². The number of fused-ring (bicyclic) bond motifs is 1. The molecule has 110 valence electrons. The van der Waals surface area contributed by atoms with Gasteiger partial charge in [-0.05, 0) is 25.0 Å². The summed E-state index contributed by atoms with van der Waals surface area (Å²) >= 11 is 0. The number of rotatable bonds is 3. The minimum Gasteiger partial charge on any atom is -0.385 e. The van der Waals surface area contributed by atoms with Gasteiger partial charge in [0.1, 0.15) is 12.1 Å². The van der Waals surface area contributed by atoms with Crippen LogP contribution in [0.25, 0.3) is 10.9 Å². The second kappa shape index (κ2) is 5.79. The number of aliphatic hydroxyl groups excluding tert-OH is 1. The number of hydrogen-bond donors (Lipinski definition) is 2. The number of likely N-dealkylation sites (tertiary alicyclic amines) is 1. The third kappa shape index (κ3) is 2.75. The molecule has 1 amide bonds. The highest BCUT2D eigenvalue weighted by atomic mass is 16.3. The van der Waals surface area contributed by atoms with E-state index in [1.807, 2.05) is 30.3 Å². The molecule has 1 saturated heterocycles. The van der Waals surface area contributed by atoms with Crippen molar-refractivity contribution in [3.05, 3.63) is 42.1 Å². The van der Waals surface area contributed by atoms with Crippen molar-refractivity contribution in [1.29, 1.82) is 0 Å². The number of aliphatic hydroxyl groups is 1. The maximum Gasteiger partial charge on any atom is 0.242 e. The molecule has 0 saturated carbocycles. The Bertz CT molecular complexity index is 653. The van der Waals surface area contributed by atoms with Crippen LogP contribution in [-0.2, 0) is 4.79 Å². The summed E-state index contributed by atoms with van der Waals surface area (Å²) in [5.41, 5.74) is 7.16. The summed E-state index contributed by atoms with van der Waals surface area (Å²) in [6.45, 7) is 1.45. The van der Waals surface area contributed by atoms with Crippen LogP contribution in [0.5, 0.6) is 0 Å². The zero-order valence-corrected chi connectivity index (χ0v) is 11.8. The van der Waals surface area contributed by atoms with Crippen molar-refractivity contribution in [3.8, 4) is 0 Å². The van der Waals surface area contributed by atoms with Crippen molar-refractivity contribution >= 4 is 16.8 Å². The van der Waals surface area contributed by atoms with E-state index in [9.17, 15) is 9.90 Å². The Kier molecular flexibility index (Phi) is 3.86. The van der Waals surface area contributed by atoms with Crippen molar-refractivity contribution in [1.82, 2.24) is 9.88 Å². The quantitative estimate of drug-likeness (QED) is 0.888. The minimum atomic E-state index is -1.08. The van der Waals surface area contributed by atoms with Crippen molar-refractivity contribution in [3.63, 3.8) is 0 Å². The van der Waals surface area contributed by atoms with Gasteiger partial charge in [-0.25, -0.2) is 4.98 Å². The Labute approximate surface area is 123 Å². The summed E-state index contributed by atoms with van der Waals surface area (Å²) in [6.07, 6.45) is 0.925. The lowest BCUT2D eigenvalue weighted by molar-refractivity contribution is -0.134. The van der Waals surface area contributed by atoms with Gasteiger partial charge in [-0.15, -0.1) is 0 Å². The van der Waals surface area contributed by atoms with E-state index in [1.54, 1.807) is 11.0 Å². The first-order valence-corrected chi connectivity index (χ1v) is 7.25. The highest BCUT2D eigenvalue weighted by Gasteiger charge is 2.30. The lowest BCUT2D eigenvalue weighted by Crippen LogP contribution is -2.46. The Morgan fingerprint density at radius 3 is 2.67 bits per heavy atom. The number of benzene rings is 1. The maximum absolute atomic E-state index is 12.2. The van der Waals surface area contributed by atoms with E-state index in [0.29, 0.717) is 5.69 Å². The Morgan fingerprint density at radius 2 is 1.90 bits per heavy atom. The van der Waals surface area contributed by atoms with Gasteiger partial charge in [-0.2, -0.15) is 0 Å². The molecule has 0 spiro atoms. The molecule has 1 aliphatic rings. The number of nitrogens with zero attached hydrogens (tertiary/aromatic N) is 2. The molecule has 1 aromatic carbocycles. The first kappa shape index (κ1) is 14.0. The van der Waals surface area contributed by atoms with Crippen LogP contribution in [0.15, 0.2) is 36.4 Å². The zero-order valence-electron chi connectivity index (χ0n) is 11.8. The fraction of sp³-hybridized carbons (Fsp3) is 0.375. The van der Waals surface area contributed by atoms with E-state index in [2.05, 4.69) is 4.98 Å². The maximum atomic E-state index is 12.2. The highest BCUT2D eigenvalue weighted by molar-refractivity contribution is 5.83. The van der Waals surface area contributed by atoms with E-state index in [0.717, 1.165) is 36.8 Å². The fourth-order valence-electron chi connectivity index (χ4n) is 2.71. The molecule has 3 N–H and O–H groups in total. The van der Waals surface area contributed by atoms with Gasteiger partial charge in [0.15, 0.2) is 0 Å². The standard InChI is InChI=1S/C16H19N3O2/c17-14(16(21)19-9-3-4-10-19)15(20)13-8-7-11-5-1-2-6-12(11)18-13/h1-2,5-8,14-15,20H,3-4,9-10,17H2/t14-,15+/m1/s1. The first-order chi connectivity index (χ1) is 10.2. The predicted octanol–water partition coefficient (Wildman–Crippen LogP) is 1.22. The summed E-state index contributed by atoms with van der Waals surface area (Å²) < 4.78 is 0. The van der Waals surface area contributed by atoms with Gasteiger partial charge in [0.2, 0.25) is 5.91 Å². The van der Waals surface area contributed by atoms with Gasteiger partial charge >= 0.3 is 0 Å². The molecule has 2 atom stereocenters. The molecule has 1 fully saturated rings. The second-order valence-corrected chi connectivity index (χ2v) is 5.43. The van der Waals surface area contributed by atoms with Crippen molar-refractivity contribution in [2.75, 3.05) is 13.1 Å². The lowest BCUT2D eigenvalue weighted by atomic mass is 10.1. The third-order valence-corrected chi connectivity index (χ3v) is 3.97. The topological polar surface area (TPSA) is 79.5 Å². The molecule has 0 unspecified atom stereocenters. The van der Waals surface area contributed by atoms with Crippen LogP contribution in [0, 0.1) is 0 Å². The van der Waals surface area contributed by atoms with E-state index >= 15 is 0 Å². The van der Waals surface area contributed by atoms with Crippen LogP contribution in [0.3, 0.4) is 0 Å². The third-order valence-electron chi connectivity index (χ3n) is 3.97. The van der Waals surface area contributed by atoms with Crippen LogP contribution in [0.1, 0.15) is 24.6 Å². The zero-order chi connectivity index (χ0) is 14.8. The molecule has 5 heteroatoms. The van der Waals surface area contributed by atoms with E-state index in [4.69, 9.17) is 5.73 Å². The number of amides is 1. The monoisotopic (exact) mass is 285 g/mol. The van der Waals surface area contributed by atoms with E-state index in [-0.39, 0.29) is 5.91 Å². The van der Waals surface area contributed by atoms with Gasteiger partial charge in [0.25, 0.3) is 0 Å². The van der Waals surface area contributed by atoms with Crippen molar-refractivity contribution in [2.24, 2.45) is 5.73 Å². The Morgan fingerprint density at radius 1 is 1.19 bits per heavy atom. The molecule has 2 heterocycles. The number of carbonyl (C=O) groups excluding carboxylic acids is 1. The van der Waals surface area contributed by atoms with E-state index < -0.39 is 12.1 Å². The largest absolute Gasteiger partial charge is 0.385 e. The SMILES string of the molecule is N[C@@H](C(=O)N1CCCC1)[C@@H](O)c1ccc2ccccc2n1. The number of hydrogen-bond acceptors (Lipinski definition) is 4. The average molecular weight is 285 g/mol. The van der Waals surface area contributed by atoms with Gasteiger partial charge < -0.3 is 15.7 Å². The number of pyridine rings is 1. The van der Waals surface area contributed by atoms with Crippen LogP contribution in [0.4, 0.5) is 0 Å². The number of aromatic nitrogens is 1. The smallest absolute Gasteiger partial charge is 0.242 e. The summed E-state index contributed by atoms with van der Waals surface area (Å²) in [5.74, 6) is -0.199. The summed E-state index contributed by atoms with van der Waals surface area (Å²) in [4.78, 5) is 18.4. The molecule has 1 aliphatic heterocycles. The van der Waals surface area contributed by atoms with Crippen molar-refractivity contribution < 1.29 is 9.90 Å². The molecule has 21 heavy (non-hydrogen) atoms. The number of carbonyl (C=O) groups is 1. The molecule has 0 aliphatic carbocycles. The van der Waals surface area contributed by atoms with Crippen LogP contribution in [-0.4, -0.2) is 40.0 Å². The van der Waals surface area contributed by atoms with Crippen LogP contribution < -0.4 is 5.73 Å². The summed E-state index contributed by atoms with van der Waals surface area (Å²) in [5, 5.41) is 11.3. The lowest BCUT2D eigenvalue weighted by Gasteiger charge is -2.23.